The van der Waals surface area contributed by atoms with Gasteiger partial charge in [0.25, 0.3) is 5.69 Å². The number of carboxylic acids is 1. The number of nitro groups is 1. The molecule has 0 bridgehead atoms. The van der Waals surface area contributed by atoms with Crippen molar-refractivity contribution in [1.29, 1.82) is 0 Å². The van der Waals surface area contributed by atoms with Gasteiger partial charge in [0, 0.05) is 16.6 Å². The zero-order chi connectivity index (χ0) is 12.5. The summed E-state index contributed by atoms with van der Waals surface area (Å²) in [5.74, 6) is -1.21. The van der Waals surface area contributed by atoms with Crippen LogP contribution in [0.1, 0.15) is 12.5 Å². The predicted molar refractivity (Wildman–Crippen MR) is 60.0 cm³/mol. The summed E-state index contributed by atoms with van der Waals surface area (Å²) in [6.07, 6.45) is 0. The van der Waals surface area contributed by atoms with Gasteiger partial charge in [0.1, 0.15) is 5.54 Å². The van der Waals surface area contributed by atoms with Gasteiger partial charge in [-0.1, -0.05) is 15.9 Å². The summed E-state index contributed by atoms with van der Waals surface area (Å²) in [5, 5.41) is 19.4. The molecule has 1 unspecified atom stereocenters. The highest BCUT2D eigenvalue weighted by Gasteiger charge is 2.32. The van der Waals surface area contributed by atoms with Crippen LogP contribution in [0.3, 0.4) is 0 Å². The van der Waals surface area contributed by atoms with Crippen LogP contribution in [-0.2, 0) is 10.3 Å². The Morgan fingerprint density at radius 3 is 2.56 bits per heavy atom. The minimum absolute atomic E-state index is 0.128. The van der Waals surface area contributed by atoms with Gasteiger partial charge < -0.3 is 10.8 Å². The maximum atomic E-state index is 10.9. The fourth-order valence-corrected chi connectivity index (χ4v) is 1.93. The first-order valence-corrected chi connectivity index (χ1v) is 5.03. The Labute approximate surface area is 99.3 Å². The van der Waals surface area contributed by atoms with Crippen molar-refractivity contribution in [2.24, 2.45) is 5.73 Å². The molecule has 86 valence electrons. The topological polar surface area (TPSA) is 106 Å². The van der Waals surface area contributed by atoms with E-state index >= 15 is 0 Å². The van der Waals surface area contributed by atoms with E-state index in [2.05, 4.69) is 15.9 Å². The molecule has 0 aliphatic carbocycles. The van der Waals surface area contributed by atoms with E-state index in [0.29, 0.717) is 4.47 Å². The van der Waals surface area contributed by atoms with Crippen molar-refractivity contribution < 1.29 is 14.8 Å². The van der Waals surface area contributed by atoms with Gasteiger partial charge in [-0.25, -0.2) is 4.79 Å². The summed E-state index contributed by atoms with van der Waals surface area (Å²) < 4.78 is 0.300. The quantitative estimate of drug-likeness (QED) is 0.649. The molecule has 0 aliphatic heterocycles. The molecule has 0 spiro atoms. The second-order valence-corrected chi connectivity index (χ2v) is 4.28. The molecule has 6 nitrogen and oxygen atoms in total. The zero-order valence-electron chi connectivity index (χ0n) is 8.31. The van der Waals surface area contributed by atoms with Gasteiger partial charge in [-0.3, -0.25) is 10.1 Å². The van der Waals surface area contributed by atoms with Gasteiger partial charge in [-0.2, -0.15) is 0 Å². The van der Waals surface area contributed by atoms with Gasteiger partial charge in [0.15, 0.2) is 0 Å². The normalized spacial score (nSPS) is 14.2. The maximum absolute atomic E-state index is 10.9. The van der Waals surface area contributed by atoms with Crippen LogP contribution in [0.4, 0.5) is 5.69 Å². The van der Waals surface area contributed by atoms with Crippen LogP contribution in [0.15, 0.2) is 22.7 Å². The Kier molecular flexibility index (Phi) is 3.30. The van der Waals surface area contributed by atoms with Gasteiger partial charge in [-0.15, -0.1) is 0 Å². The van der Waals surface area contributed by atoms with Crippen LogP contribution in [0.2, 0.25) is 0 Å². The predicted octanol–water partition coefficient (Wildman–Crippen LogP) is 1.62. The molecule has 1 rings (SSSR count). The third kappa shape index (κ3) is 2.20. The molecule has 0 aliphatic rings. The SMILES string of the molecule is CC(N)(C(=O)O)c1ccc([N+](=O)[O-])cc1Br. The Hall–Kier alpha value is -1.47. The summed E-state index contributed by atoms with van der Waals surface area (Å²) in [6, 6.07) is 3.77. The molecule has 0 fully saturated rings. The van der Waals surface area contributed by atoms with Gasteiger partial charge >= 0.3 is 5.97 Å². The van der Waals surface area contributed by atoms with E-state index in [1.54, 1.807) is 0 Å². The number of nitrogens with zero attached hydrogens (tertiary/aromatic N) is 1. The molecular weight excluding hydrogens is 280 g/mol. The number of nitro benzene ring substituents is 1. The minimum atomic E-state index is -1.59. The number of hydrogen-bond acceptors (Lipinski definition) is 4. The van der Waals surface area contributed by atoms with Gasteiger partial charge in [0.2, 0.25) is 0 Å². The molecule has 16 heavy (non-hydrogen) atoms. The molecule has 0 heterocycles. The van der Waals surface area contributed by atoms with Crippen LogP contribution in [-0.4, -0.2) is 16.0 Å². The minimum Gasteiger partial charge on any atom is -0.480 e. The monoisotopic (exact) mass is 288 g/mol. The van der Waals surface area contributed by atoms with Gasteiger partial charge in [0.05, 0.1) is 4.92 Å². The molecule has 1 atom stereocenters. The number of nitrogens with two attached hydrogens (primary N) is 1. The van der Waals surface area contributed by atoms with Crippen LogP contribution in [0.5, 0.6) is 0 Å². The molecule has 0 saturated heterocycles. The Morgan fingerprint density at radius 2 is 2.19 bits per heavy atom. The number of aliphatic carboxylic acids is 1. The summed E-state index contributed by atoms with van der Waals surface area (Å²) in [6.45, 7) is 1.32. The van der Waals surface area contributed by atoms with Crippen molar-refractivity contribution in [1.82, 2.24) is 0 Å². The molecule has 1 aromatic rings. The van der Waals surface area contributed by atoms with E-state index in [1.165, 1.54) is 25.1 Å². The number of non-ortho nitro benzene ring substituents is 1. The highest BCUT2D eigenvalue weighted by atomic mass is 79.9. The summed E-state index contributed by atoms with van der Waals surface area (Å²) >= 11 is 3.07. The van der Waals surface area contributed by atoms with Crippen LogP contribution in [0.25, 0.3) is 0 Å². The van der Waals surface area contributed by atoms with Crippen molar-refractivity contribution in [3.63, 3.8) is 0 Å². The lowest BCUT2D eigenvalue weighted by atomic mass is 9.93. The smallest absolute Gasteiger partial charge is 0.328 e. The number of rotatable bonds is 3. The second-order valence-electron chi connectivity index (χ2n) is 3.43. The largest absolute Gasteiger partial charge is 0.480 e. The summed E-state index contributed by atoms with van der Waals surface area (Å²) in [4.78, 5) is 20.8. The van der Waals surface area contributed by atoms with Crippen molar-refractivity contribution in [3.8, 4) is 0 Å². The molecule has 0 radical (unpaired) electrons. The third-order valence-electron chi connectivity index (χ3n) is 2.17. The van der Waals surface area contributed by atoms with Crippen LogP contribution >= 0.6 is 15.9 Å². The van der Waals surface area contributed by atoms with E-state index in [-0.39, 0.29) is 11.3 Å². The lowest BCUT2D eigenvalue weighted by Gasteiger charge is -2.20. The number of carboxylic acid groups (broad SMARTS) is 1. The fraction of sp³-hybridized carbons (Fsp3) is 0.222. The van der Waals surface area contributed by atoms with Crippen molar-refractivity contribution in [2.45, 2.75) is 12.5 Å². The highest BCUT2D eigenvalue weighted by molar-refractivity contribution is 9.10. The van der Waals surface area contributed by atoms with E-state index in [4.69, 9.17) is 10.8 Å². The third-order valence-corrected chi connectivity index (χ3v) is 2.82. The Balaban J connectivity index is 3.28. The van der Waals surface area contributed by atoms with Crippen molar-refractivity contribution >= 4 is 27.6 Å². The summed E-state index contributed by atoms with van der Waals surface area (Å²) in [7, 11) is 0. The second kappa shape index (κ2) is 4.18. The van der Waals surface area contributed by atoms with E-state index in [0.717, 1.165) is 0 Å². The Morgan fingerprint density at radius 1 is 1.62 bits per heavy atom. The lowest BCUT2D eigenvalue weighted by molar-refractivity contribution is -0.385. The van der Waals surface area contributed by atoms with Gasteiger partial charge in [-0.05, 0) is 18.6 Å². The van der Waals surface area contributed by atoms with Crippen LogP contribution in [0, 0.1) is 10.1 Å². The number of halogens is 1. The molecule has 7 heteroatoms. The summed E-state index contributed by atoms with van der Waals surface area (Å²) in [5.41, 5.74) is 4.17. The van der Waals surface area contributed by atoms with E-state index in [1.807, 2.05) is 0 Å². The molecule has 0 amide bonds. The molecule has 0 aromatic heterocycles. The maximum Gasteiger partial charge on any atom is 0.328 e. The average Bonchev–Trinajstić information content (AvgIpc) is 2.16. The zero-order valence-corrected chi connectivity index (χ0v) is 9.89. The fourth-order valence-electron chi connectivity index (χ4n) is 1.15. The van der Waals surface area contributed by atoms with Crippen molar-refractivity contribution in [3.05, 3.63) is 38.3 Å². The standard InChI is InChI=1S/C9H9BrN2O4/c1-9(11,8(13)14)6-3-2-5(12(15)16)4-7(6)10/h2-4H,11H2,1H3,(H,13,14). The first-order valence-electron chi connectivity index (χ1n) is 4.23. The average molecular weight is 289 g/mol. The highest BCUT2D eigenvalue weighted by Crippen LogP contribution is 2.30. The van der Waals surface area contributed by atoms with E-state index < -0.39 is 16.4 Å². The molecule has 0 saturated carbocycles. The lowest BCUT2D eigenvalue weighted by Crippen LogP contribution is -2.41. The first-order chi connectivity index (χ1) is 7.26. The van der Waals surface area contributed by atoms with Crippen molar-refractivity contribution in [2.75, 3.05) is 0 Å². The van der Waals surface area contributed by atoms with E-state index in [9.17, 15) is 14.9 Å². The number of hydrogen-bond donors (Lipinski definition) is 2. The molecular formula is C9H9BrN2O4. The Bertz CT molecular complexity index is 459. The first kappa shape index (κ1) is 12.6. The number of carbonyl (C=O) groups is 1. The molecule has 1 aromatic carbocycles. The molecule has 3 N–H and O–H groups in total. The number of benzene rings is 1. The van der Waals surface area contributed by atoms with Crippen LogP contribution < -0.4 is 5.73 Å².